The highest BCUT2D eigenvalue weighted by molar-refractivity contribution is 6.04. The minimum atomic E-state index is -0.622. The molecule has 0 aromatic heterocycles. The van der Waals surface area contributed by atoms with Crippen molar-refractivity contribution >= 4 is 17.5 Å². The lowest BCUT2D eigenvalue weighted by molar-refractivity contribution is -0.122. The molecule has 1 aliphatic carbocycles. The van der Waals surface area contributed by atoms with E-state index in [1.165, 1.54) is 24.0 Å². The molecule has 0 aliphatic heterocycles. The zero-order valence-electron chi connectivity index (χ0n) is 18.0. The first kappa shape index (κ1) is 21.9. The Balaban J connectivity index is 1.67. The van der Waals surface area contributed by atoms with Crippen molar-refractivity contribution in [2.75, 3.05) is 11.9 Å². The summed E-state index contributed by atoms with van der Waals surface area (Å²) in [6, 6.07) is 13.2. The van der Waals surface area contributed by atoms with Gasteiger partial charge in [0, 0.05) is 6.54 Å². The number of unbranched alkanes of at least 4 members (excludes halogenated alkanes) is 1. The molecule has 3 rings (SSSR count). The zero-order chi connectivity index (χ0) is 21.3. The standard InChI is InChI=1S/C25H32N2O3/c1-3-5-16-26-24(28)21-12-8-9-13-22(21)27-25(29)23(4-2)30-20-15-14-18-10-6-7-11-19(18)17-20/h8-9,12-15,17,23H,3-7,10-11,16H2,1-2H3,(H,26,28)(H,27,29). The lowest BCUT2D eigenvalue weighted by Crippen LogP contribution is -2.33. The van der Waals surface area contributed by atoms with Crippen molar-refractivity contribution < 1.29 is 14.3 Å². The van der Waals surface area contributed by atoms with E-state index in [0.29, 0.717) is 24.2 Å². The predicted octanol–water partition coefficient (Wildman–Crippen LogP) is 4.89. The van der Waals surface area contributed by atoms with Crippen LogP contribution in [0.4, 0.5) is 5.69 Å². The molecule has 30 heavy (non-hydrogen) atoms. The Bertz CT molecular complexity index is 878. The minimum absolute atomic E-state index is 0.178. The molecule has 5 nitrogen and oxygen atoms in total. The number of ether oxygens (including phenoxy) is 1. The highest BCUT2D eigenvalue weighted by Crippen LogP contribution is 2.26. The highest BCUT2D eigenvalue weighted by atomic mass is 16.5. The summed E-state index contributed by atoms with van der Waals surface area (Å²) < 4.78 is 6.03. The molecule has 0 radical (unpaired) electrons. The van der Waals surface area contributed by atoms with Gasteiger partial charge in [-0.3, -0.25) is 9.59 Å². The molecule has 2 N–H and O–H groups in total. The second-order valence-electron chi connectivity index (χ2n) is 7.80. The van der Waals surface area contributed by atoms with Crippen molar-refractivity contribution in [3.05, 3.63) is 59.2 Å². The Morgan fingerprint density at radius 3 is 2.57 bits per heavy atom. The Morgan fingerprint density at radius 2 is 1.80 bits per heavy atom. The molecule has 2 aromatic carbocycles. The number of hydrogen-bond donors (Lipinski definition) is 2. The summed E-state index contributed by atoms with van der Waals surface area (Å²) in [4.78, 5) is 25.4. The molecule has 2 aromatic rings. The number of benzene rings is 2. The van der Waals surface area contributed by atoms with Gasteiger partial charge in [-0.25, -0.2) is 0 Å². The smallest absolute Gasteiger partial charge is 0.265 e. The number of fused-ring (bicyclic) bond motifs is 1. The van der Waals surface area contributed by atoms with E-state index in [-0.39, 0.29) is 11.8 Å². The lowest BCUT2D eigenvalue weighted by atomic mass is 9.92. The summed E-state index contributed by atoms with van der Waals surface area (Å²) >= 11 is 0. The second kappa shape index (κ2) is 10.8. The largest absolute Gasteiger partial charge is 0.481 e. The normalized spacial score (nSPS) is 13.8. The quantitative estimate of drug-likeness (QED) is 0.581. The van der Waals surface area contributed by atoms with Gasteiger partial charge in [0.2, 0.25) is 0 Å². The van der Waals surface area contributed by atoms with Crippen LogP contribution in [-0.4, -0.2) is 24.5 Å². The third kappa shape index (κ3) is 5.62. The summed E-state index contributed by atoms with van der Waals surface area (Å²) in [6.07, 6.45) is 6.46. The van der Waals surface area contributed by atoms with Crippen LogP contribution in [-0.2, 0) is 17.6 Å². The van der Waals surface area contributed by atoms with Gasteiger partial charge >= 0.3 is 0 Å². The number of hydrogen-bond acceptors (Lipinski definition) is 3. The number of anilines is 1. The maximum Gasteiger partial charge on any atom is 0.265 e. The molecule has 0 spiro atoms. The zero-order valence-corrected chi connectivity index (χ0v) is 18.0. The first-order valence-corrected chi connectivity index (χ1v) is 11.1. The molecule has 160 valence electrons. The van der Waals surface area contributed by atoms with E-state index < -0.39 is 6.10 Å². The Hall–Kier alpha value is -2.82. The van der Waals surface area contributed by atoms with E-state index in [1.807, 2.05) is 19.1 Å². The molecule has 0 saturated heterocycles. The molecule has 1 atom stereocenters. The third-order valence-electron chi connectivity index (χ3n) is 5.51. The average molecular weight is 409 g/mol. The number of aryl methyl sites for hydroxylation is 2. The van der Waals surface area contributed by atoms with Crippen LogP contribution in [0.25, 0.3) is 0 Å². The van der Waals surface area contributed by atoms with Crippen molar-refractivity contribution in [1.82, 2.24) is 5.32 Å². The number of carbonyl (C=O) groups excluding carboxylic acids is 2. The van der Waals surface area contributed by atoms with Gasteiger partial charge in [0.1, 0.15) is 5.75 Å². The second-order valence-corrected chi connectivity index (χ2v) is 7.80. The van der Waals surface area contributed by atoms with Gasteiger partial charge in [-0.1, -0.05) is 38.5 Å². The summed E-state index contributed by atoms with van der Waals surface area (Å²) in [6.45, 7) is 4.62. The van der Waals surface area contributed by atoms with Crippen molar-refractivity contribution in [2.45, 2.75) is 64.9 Å². The van der Waals surface area contributed by atoms with Crippen LogP contribution >= 0.6 is 0 Å². The highest BCUT2D eigenvalue weighted by Gasteiger charge is 2.21. The van der Waals surface area contributed by atoms with Crippen LogP contribution in [0, 0.1) is 0 Å². The minimum Gasteiger partial charge on any atom is -0.481 e. The average Bonchev–Trinajstić information content (AvgIpc) is 2.77. The molecular weight excluding hydrogens is 376 g/mol. The van der Waals surface area contributed by atoms with Crippen LogP contribution in [0.3, 0.4) is 0 Å². The van der Waals surface area contributed by atoms with Gasteiger partial charge in [-0.05, 0) is 73.9 Å². The number of amides is 2. The van der Waals surface area contributed by atoms with Crippen molar-refractivity contribution in [2.24, 2.45) is 0 Å². The van der Waals surface area contributed by atoms with Gasteiger partial charge in [0.25, 0.3) is 11.8 Å². The van der Waals surface area contributed by atoms with Crippen molar-refractivity contribution in [1.29, 1.82) is 0 Å². The van der Waals surface area contributed by atoms with Crippen molar-refractivity contribution in [3.63, 3.8) is 0 Å². The SMILES string of the molecule is CCCCNC(=O)c1ccccc1NC(=O)C(CC)Oc1ccc2c(c1)CCCC2. The van der Waals surface area contributed by atoms with Gasteiger partial charge in [-0.2, -0.15) is 0 Å². The van der Waals surface area contributed by atoms with Crippen LogP contribution in [0.5, 0.6) is 5.75 Å². The van der Waals surface area contributed by atoms with E-state index >= 15 is 0 Å². The Kier molecular flexibility index (Phi) is 7.89. The molecule has 0 bridgehead atoms. The topological polar surface area (TPSA) is 67.4 Å². The van der Waals surface area contributed by atoms with E-state index in [4.69, 9.17) is 4.74 Å². The molecule has 0 fully saturated rings. The third-order valence-corrected chi connectivity index (χ3v) is 5.51. The Morgan fingerprint density at radius 1 is 1.03 bits per heavy atom. The molecule has 1 aliphatic rings. The molecule has 0 saturated carbocycles. The molecule has 0 heterocycles. The van der Waals surface area contributed by atoms with Crippen LogP contribution in [0.15, 0.2) is 42.5 Å². The first-order chi connectivity index (χ1) is 14.6. The lowest BCUT2D eigenvalue weighted by Gasteiger charge is -2.21. The molecular formula is C25H32N2O3. The van der Waals surface area contributed by atoms with Gasteiger partial charge in [0.15, 0.2) is 6.10 Å². The van der Waals surface area contributed by atoms with Crippen LogP contribution in [0.2, 0.25) is 0 Å². The van der Waals surface area contributed by atoms with Crippen LogP contribution < -0.4 is 15.4 Å². The number of rotatable bonds is 9. The van der Waals surface area contributed by atoms with Gasteiger partial charge in [0.05, 0.1) is 11.3 Å². The maximum absolute atomic E-state index is 12.9. The van der Waals surface area contributed by atoms with Gasteiger partial charge < -0.3 is 15.4 Å². The number of nitrogens with one attached hydrogen (secondary N) is 2. The summed E-state index contributed by atoms with van der Waals surface area (Å²) in [7, 11) is 0. The fourth-order valence-corrected chi connectivity index (χ4v) is 3.75. The first-order valence-electron chi connectivity index (χ1n) is 11.1. The summed E-state index contributed by atoms with van der Waals surface area (Å²) in [5, 5.41) is 5.79. The van der Waals surface area contributed by atoms with Crippen molar-refractivity contribution in [3.8, 4) is 5.75 Å². The van der Waals surface area contributed by atoms with Crippen LogP contribution in [0.1, 0.15) is 67.4 Å². The monoisotopic (exact) mass is 408 g/mol. The molecule has 2 amide bonds. The fraction of sp³-hybridized carbons (Fsp3) is 0.440. The molecule has 5 heteroatoms. The number of para-hydroxylation sites is 1. The van der Waals surface area contributed by atoms with E-state index in [9.17, 15) is 9.59 Å². The summed E-state index contributed by atoms with van der Waals surface area (Å²) in [5.41, 5.74) is 3.67. The van der Waals surface area contributed by atoms with E-state index in [1.54, 1.807) is 18.2 Å². The van der Waals surface area contributed by atoms with Gasteiger partial charge in [-0.15, -0.1) is 0 Å². The van der Waals surface area contributed by atoms with E-state index in [2.05, 4.69) is 29.7 Å². The van der Waals surface area contributed by atoms with E-state index in [0.717, 1.165) is 31.4 Å². The maximum atomic E-state index is 12.9. The predicted molar refractivity (Wildman–Crippen MR) is 120 cm³/mol. The fourth-order valence-electron chi connectivity index (χ4n) is 3.75. The number of carbonyl (C=O) groups is 2. The molecule has 1 unspecified atom stereocenters. The summed E-state index contributed by atoms with van der Waals surface area (Å²) in [5.74, 6) is 0.301. The Labute approximate surface area is 179 Å².